The summed E-state index contributed by atoms with van der Waals surface area (Å²) in [4.78, 5) is 12.5. The van der Waals surface area contributed by atoms with Gasteiger partial charge in [-0.25, -0.2) is 0 Å². The van der Waals surface area contributed by atoms with Crippen LogP contribution < -0.4 is 18.9 Å². The van der Waals surface area contributed by atoms with Crippen LogP contribution in [0.4, 0.5) is 0 Å². The average molecular weight is 330 g/mol. The lowest BCUT2D eigenvalue weighted by molar-refractivity contribution is 0.0215. The Morgan fingerprint density at radius 1 is 0.958 bits per heavy atom. The van der Waals surface area contributed by atoms with Crippen LogP contribution in [0.3, 0.4) is 0 Å². The summed E-state index contributed by atoms with van der Waals surface area (Å²) in [6.45, 7) is 0. The highest BCUT2D eigenvalue weighted by Crippen LogP contribution is 2.39. The molecule has 0 spiro atoms. The van der Waals surface area contributed by atoms with Gasteiger partial charge in [0.25, 0.3) is 0 Å². The SMILES string of the molecule is COc1ccc2c(c1)O[C@@H](c1ccc(OC)c(OC)c1)[C@H](O)C2=O. The third kappa shape index (κ3) is 2.65. The second-order valence-corrected chi connectivity index (χ2v) is 5.32. The molecule has 1 aliphatic heterocycles. The van der Waals surface area contributed by atoms with Crippen LogP contribution >= 0.6 is 0 Å². The first-order valence-electron chi connectivity index (χ1n) is 7.38. The van der Waals surface area contributed by atoms with Gasteiger partial charge in [0.2, 0.25) is 0 Å². The first-order valence-corrected chi connectivity index (χ1v) is 7.38. The van der Waals surface area contributed by atoms with E-state index in [0.29, 0.717) is 34.1 Å². The molecule has 2 aromatic carbocycles. The maximum Gasteiger partial charge on any atom is 0.199 e. The fourth-order valence-electron chi connectivity index (χ4n) is 2.71. The van der Waals surface area contributed by atoms with Gasteiger partial charge in [-0.15, -0.1) is 0 Å². The van der Waals surface area contributed by atoms with Gasteiger partial charge in [0.1, 0.15) is 11.5 Å². The predicted octanol–water partition coefficient (Wildman–Crippen LogP) is 2.39. The van der Waals surface area contributed by atoms with E-state index in [0.717, 1.165) is 0 Å². The number of Topliss-reactive ketones (excluding diaryl/α,β-unsaturated/α-hetero) is 1. The Labute approximate surface area is 139 Å². The van der Waals surface area contributed by atoms with Gasteiger partial charge in [0, 0.05) is 6.07 Å². The van der Waals surface area contributed by atoms with Crippen molar-refractivity contribution in [2.24, 2.45) is 0 Å². The van der Waals surface area contributed by atoms with E-state index in [1.807, 2.05) is 0 Å². The lowest BCUT2D eigenvalue weighted by Crippen LogP contribution is -2.36. The van der Waals surface area contributed by atoms with E-state index >= 15 is 0 Å². The highest BCUT2D eigenvalue weighted by molar-refractivity contribution is 6.03. The Morgan fingerprint density at radius 2 is 1.71 bits per heavy atom. The van der Waals surface area contributed by atoms with Crippen molar-refractivity contribution >= 4 is 5.78 Å². The normalized spacial score (nSPS) is 19.2. The Balaban J connectivity index is 2.01. The van der Waals surface area contributed by atoms with E-state index < -0.39 is 18.0 Å². The van der Waals surface area contributed by atoms with Crippen molar-refractivity contribution in [3.05, 3.63) is 47.5 Å². The molecule has 2 aromatic rings. The lowest BCUT2D eigenvalue weighted by atomic mass is 9.93. The minimum atomic E-state index is -1.30. The molecule has 0 amide bonds. The zero-order chi connectivity index (χ0) is 17.3. The topological polar surface area (TPSA) is 74.2 Å². The number of rotatable bonds is 4. The summed E-state index contributed by atoms with van der Waals surface area (Å²) >= 11 is 0. The number of ketones is 1. The van der Waals surface area contributed by atoms with E-state index in [4.69, 9.17) is 18.9 Å². The van der Waals surface area contributed by atoms with Crippen molar-refractivity contribution in [1.82, 2.24) is 0 Å². The number of hydrogen-bond acceptors (Lipinski definition) is 6. The predicted molar refractivity (Wildman–Crippen MR) is 86.2 cm³/mol. The van der Waals surface area contributed by atoms with Crippen LogP contribution in [0.2, 0.25) is 0 Å². The molecule has 1 N–H and O–H groups in total. The van der Waals surface area contributed by atoms with Crippen molar-refractivity contribution < 1.29 is 28.8 Å². The minimum absolute atomic E-state index is 0.333. The molecule has 1 heterocycles. The summed E-state index contributed by atoms with van der Waals surface area (Å²) in [6, 6.07) is 10.00. The second kappa shape index (κ2) is 6.41. The number of aliphatic hydroxyl groups is 1. The molecular formula is C18H18O6. The summed E-state index contributed by atoms with van der Waals surface area (Å²) in [5.41, 5.74) is 0.946. The van der Waals surface area contributed by atoms with Crippen LogP contribution in [-0.2, 0) is 0 Å². The number of ether oxygens (including phenoxy) is 4. The third-order valence-corrected chi connectivity index (χ3v) is 4.00. The zero-order valence-electron chi connectivity index (χ0n) is 13.6. The largest absolute Gasteiger partial charge is 0.497 e. The molecule has 0 radical (unpaired) electrons. The average Bonchev–Trinajstić information content (AvgIpc) is 2.63. The minimum Gasteiger partial charge on any atom is -0.497 e. The van der Waals surface area contributed by atoms with Crippen LogP contribution in [0.1, 0.15) is 22.0 Å². The molecule has 0 fully saturated rings. The molecule has 0 saturated heterocycles. The van der Waals surface area contributed by atoms with Gasteiger partial charge in [-0.1, -0.05) is 6.07 Å². The molecule has 0 unspecified atom stereocenters. The third-order valence-electron chi connectivity index (χ3n) is 4.00. The molecule has 126 valence electrons. The van der Waals surface area contributed by atoms with Crippen LogP contribution in [-0.4, -0.2) is 38.3 Å². The highest BCUT2D eigenvalue weighted by Gasteiger charge is 2.37. The van der Waals surface area contributed by atoms with E-state index in [1.165, 1.54) is 21.3 Å². The molecular weight excluding hydrogens is 312 g/mol. The fraction of sp³-hybridized carbons (Fsp3) is 0.278. The van der Waals surface area contributed by atoms with Crippen molar-refractivity contribution in [1.29, 1.82) is 0 Å². The first-order chi connectivity index (χ1) is 11.6. The van der Waals surface area contributed by atoms with Gasteiger partial charge in [-0.3, -0.25) is 4.79 Å². The summed E-state index contributed by atoms with van der Waals surface area (Å²) in [6.07, 6.45) is -2.14. The Hall–Kier alpha value is -2.73. The number of carbonyl (C=O) groups excluding carboxylic acids is 1. The Morgan fingerprint density at radius 3 is 2.38 bits per heavy atom. The molecule has 1 aliphatic rings. The maximum atomic E-state index is 12.5. The van der Waals surface area contributed by atoms with Gasteiger partial charge in [-0.2, -0.15) is 0 Å². The van der Waals surface area contributed by atoms with E-state index in [9.17, 15) is 9.90 Å². The molecule has 3 rings (SSSR count). The van der Waals surface area contributed by atoms with Gasteiger partial charge in [0.05, 0.1) is 26.9 Å². The molecule has 0 aliphatic carbocycles. The smallest absolute Gasteiger partial charge is 0.199 e. The lowest BCUT2D eigenvalue weighted by Gasteiger charge is -2.30. The van der Waals surface area contributed by atoms with Crippen molar-refractivity contribution in [3.63, 3.8) is 0 Å². The number of aliphatic hydroxyl groups excluding tert-OH is 1. The number of fused-ring (bicyclic) bond motifs is 1. The summed E-state index contributed by atoms with van der Waals surface area (Å²) < 4.78 is 21.5. The van der Waals surface area contributed by atoms with Crippen molar-refractivity contribution in [3.8, 4) is 23.0 Å². The molecule has 6 nitrogen and oxygen atoms in total. The number of benzene rings is 2. The summed E-state index contributed by atoms with van der Waals surface area (Å²) in [5, 5.41) is 10.4. The fourth-order valence-corrected chi connectivity index (χ4v) is 2.71. The first kappa shape index (κ1) is 16.1. The van der Waals surface area contributed by atoms with Gasteiger partial charge < -0.3 is 24.1 Å². The number of hydrogen-bond donors (Lipinski definition) is 1. The Bertz CT molecular complexity index is 770. The maximum absolute atomic E-state index is 12.5. The van der Waals surface area contributed by atoms with Gasteiger partial charge in [0.15, 0.2) is 29.5 Å². The molecule has 0 saturated carbocycles. The van der Waals surface area contributed by atoms with Crippen LogP contribution in [0.5, 0.6) is 23.0 Å². The van der Waals surface area contributed by atoms with Crippen molar-refractivity contribution in [2.45, 2.75) is 12.2 Å². The Kier molecular flexibility index (Phi) is 4.31. The van der Waals surface area contributed by atoms with Crippen molar-refractivity contribution in [2.75, 3.05) is 21.3 Å². The zero-order valence-corrected chi connectivity index (χ0v) is 13.6. The number of methoxy groups -OCH3 is 3. The van der Waals surface area contributed by atoms with E-state index in [2.05, 4.69) is 0 Å². The molecule has 2 atom stereocenters. The summed E-state index contributed by atoms with van der Waals surface area (Å²) in [7, 11) is 4.59. The van der Waals surface area contributed by atoms with Crippen LogP contribution in [0.15, 0.2) is 36.4 Å². The highest BCUT2D eigenvalue weighted by atomic mass is 16.5. The molecule has 6 heteroatoms. The quantitative estimate of drug-likeness (QED) is 0.928. The van der Waals surface area contributed by atoms with Gasteiger partial charge in [-0.05, 0) is 29.8 Å². The molecule has 0 bridgehead atoms. The van der Waals surface area contributed by atoms with Gasteiger partial charge >= 0.3 is 0 Å². The van der Waals surface area contributed by atoms with Crippen LogP contribution in [0.25, 0.3) is 0 Å². The molecule has 0 aromatic heterocycles. The van der Waals surface area contributed by atoms with Crippen LogP contribution in [0, 0.1) is 0 Å². The van der Waals surface area contributed by atoms with E-state index in [-0.39, 0.29) is 0 Å². The summed E-state index contributed by atoms with van der Waals surface area (Å²) in [5.74, 6) is 1.61. The second-order valence-electron chi connectivity index (χ2n) is 5.32. The standard InChI is InChI=1S/C18H18O6/c1-21-11-5-6-12-14(9-11)24-18(17(20)16(12)19)10-4-7-13(22-2)15(8-10)23-3/h4-9,17-18,20H,1-3H3/t17-,18+/m1/s1. The monoisotopic (exact) mass is 330 g/mol. The molecule has 24 heavy (non-hydrogen) atoms. The van der Waals surface area contributed by atoms with E-state index in [1.54, 1.807) is 36.4 Å². The number of carbonyl (C=O) groups is 1.